The molecule has 1 N–H and O–H groups in total. The van der Waals surface area contributed by atoms with Gasteiger partial charge in [0.15, 0.2) is 0 Å². The SMILES string of the molecule is CCC1COC2(CNC2)C1. The molecule has 1 atom stereocenters. The summed E-state index contributed by atoms with van der Waals surface area (Å²) in [5, 5.41) is 3.26. The Hall–Kier alpha value is -0.0800. The van der Waals surface area contributed by atoms with Crippen molar-refractivity contribution in [1.82, 2.24) is 5.32 Å². The molecular formula is C8H15NO. The van der Waals surface area contributed by atoms with E-state index in [0.717, 1.165) is 25.6 Å². The van der Waals surface area contributed by atoms with Gasteiger partial charge in [0.05, 0.1) is 12.2 Å². The molecule has 10 heavy (non-hydrogen) atoms. The van der Waals surface area contributed by atoms with Crippen LogP contribution in [-0.2, 0) is 4.74 Å². The minimum Gasteiger partial charge on any atom is -0.372 e. The van der Waals surface area contributed by atoms with E-state index < -0.39 is 0 Å². The molecule has 2 rings (SSSR count). The predicted octanol–water partition coefficient (Wildman–Crippen LogP) is 0.775. The Balaban J connectivity index is 1.92. The molecule has 0 aliphatic carbocycles. The molecule has 0 radical (unpaired) electrons. The fourth-order valence-electron chi connectivity index (χ4n) is 1.85. The first-order valence-corrected chi connectivity index (χ1v) is 4.19. The normalized spacial score (nSPS) is 36.3. The van der Waals surface area contributed by atoms with E-state index in [9.17, 15) is 0 Å². The van der Waals surface area contributed by atoms with Gasteiger partial charge in [0.2, 0.25) is 0 Å². The second-order valence-corrected chi connectivity index (χ2v) is 3.58. The molecule has 0 saturated carbocycles. The zero-order valence-electron chi connectivity index (χ0n) is 6.52. The number of rotatable bonds is 1. The van der Waals surface area contributed by atoms with Crippen LogP contribution < -0.4 is 5.32 Å². The zero-order chi connectivity index (χ0) is 7.03. The van der Waals surface area contributed by atoms with Crippen molar-refractivity contribution in [3.05, 3.63) is 0 Å². The Labute approximate surface area is 61.9 Å². The van der Waals surface area contributed by atoms with E-state index in [2.05, 4.69) is 12.2 Å². The van der Waals surface area contributed by atoms with E-state index in [0.29, 0.717) is 0 Å². The van der Waals surface area contributed by atoms with Gasteiger partial charge in [0.1, 0.15) is 0 Å². The van der Waals surface area contributed by atoms with Gasteiger partial charge in [-0.2, -0.15) is 0 Å². The third-order valence-corrected chi connectivity index (χ3v) is 2.76. The second-order valence-electron chi connectivity index (χ2n) is 3.58. The van der Waals surface area contributed by atoms with Crippen LogP contribution in [-0.4, -0.2) is 25.3 Å². The molecule has 1 spiro atoms. The summed E-state index contributed by atoms with van der Waals surface area (Å²) in [5.41, 5.74) is 0.278. The molecule has 0 aromatic carbocycles. The number of hydrogen-bond donors (Lipinski definition) is 1. The third kappa shape index (κ3) is 0.867. The molecule has 0 amide bonds. The van der Waals surface area contributed by atoms with Gasteiger partial charge in [-0.15, -0.1) is 0 Å². The van der Waals surface area contributed by atoms with Gasteiger partial charge in [-0.3, -0.25) is 0 Å². The Bertz CT molecular complexity index is 131. The summed E-state index contributed by atoms with van der Waals surface area (Å²) in [6.45, 7) is 5.42. The molecule has 0 aromatic rings. The number of nitrogens with one attached hydrogen (secondary N) is 1. The van der Waals surface area contributed by atoms with Crippen LogP contribution in [0.3, 0.4) is 0 Å². The summed E-state index contributed by atoms with van der Waals surface area (Å²) in [4.78, 5) is 0. The van der Waals surface area contributed by atoms with Gasteiger partial charge in [-0.05, 0) is 12.3 Å². The van der Waals surface area contributed by atoms with Gasteiger partial charge in [0, 0.05) is 13.1 Å². The van der Waals surface area contributed by atoms with Crippen molar-refractivity contribution in [2.75, 3.05) is 19.7 Å². The predicted molar refractivity (Wildman–Crippen MR) is 40.0 cm³/mol. The summed E-state index contributed by atoms with van der Waals surface area (Å²) in [5.74, 6) is 0.835. The van der Waals surface area contributed by atoms with Crippen molar-refractivity contribution >= 4 is 0 Å². The molecule has 2 heterocycles. The van der Waals surface area contributed by atoms with E-state index >= 15 is 0 Å². The van der Waals surface area contributed by atoms with E-state index in [-0.39, 0.29) is 5.60 Å². The minimum atomic E-state index is 0.278. The van der Waals surface area contributed by atoms with Crippen LogP contribution in [0.4, 0.5) is 0 Å². The average Bonchev–Trinajstić information content (AvgIpc) is 2.29. The number of hydrogen-bond acceptors (Lipinski definition) is 2. The van der Waals surface area contributed by atoms with Gasteiger partial charge in [-0.1, -0.05) is 13.3 Å². The fourth-order valence-corrected chi connectivity index (χ4v) is 1.85. The largest absolute Gasteiger partial charge is 0.372 e. The first-order valence-electron chi connectivity index (χ1n) is 4.19. The quantitative estimate of drug-likeness (QED) is 0.582. The first kappa shape index (κ1) is 6.62. The standard InChI is InChI=1S/C8H15NO/c1-2-7-3-8(10-4-7)5-9-6-8/h7,9H,2-6H2,1H3. The summed E-state index contributed by atoms with van der Waals surface area (Å²) in [7, 11) is 0. The lowest BCUT2D eigenvalue weighted by Gasteiger charge is -2.38. The van der Waals surface area contributed by atoms with Crippen LogP contribution in [0.25, 0.3) is 0 Å². The molecular weight excluding hydrogens is 126 g/mol. The van der Waals surface area contributed by atoms with Crippen molar-refractivity contribution < 1.29 is 4.74 Å². The van der Waals surface area contributed by atoms with Crippen molar-refractivity contribution in [2.24, 2.45) is 5.92 Å². The summed E-state index contributed by atoms with van der Waals surface area (Å²) in [6.07, 6.45) is 2.57. The van der Waals surface area contributed by atoms with Gasteiger partial charge >= 0.3 is 0 Å². The van der Waals surface area contributed by atoms with Gasteiger partial charge < -0.3 is 10.1 Å². The highest BCUT2D eigenvalue weighted by Crippen LogP contribution is 2.34. The van der Waals surface area contributed by atoms with E-state index in [1.54, 1.807) is 0 Å². The maximum atomic E-state index is 5.72. The first-order chi connectivity index (χ1) is 4.85. The highest BCUT2D eigenvalue weighted by atomic mass is 16.5. The van der Waals surface area contributed by atoms with Crippen LogP contribution in [0.5, 0.6) is 0 Å². The van der Waals surface area contributed by atoms with Gasteiger partial charge in [0.25, 0.3) is 0 Å². The van der Waals surface area contributed by atoms with Crippen LogP contribution in [0.15, 0.2) is 0 Å². The third-order valence-electron chi connectivity index (χ3n) is 2.76. The van der Waals surface area contributed by atoms with Crippen molar-refractivity contribution in [1.29, 1.82) is 0 Å². The van der Waals surface area contributed by atoms with Crippen LogP contribution >= 0.6 is 0 Å². The van der Waals surface area contributed by atoms with Crippen molar-refractivity contribution in [3.63, 3.8) is 0 Å². The van der Waals surface area contributed by atoms with E-state index in [1.165, 1.54) is 12.8 Å². The average molecular weight is 141 g/mol. The minimum absolute atomic E-state index is 0.278. The van der Waals surface area contributed by atoms with Crippen molar-refractivity contribution in [2.45, 2.75) is 25.4 Å². The molecule has 58 valence electrons. The topological polar surface area (TPSA) is 21.3 Å². The van der Waals surface area contributed by atoms with E-state index in [1.807, 2.05) is 0 Å². The van der Waals surface area contributed by atoms with Crippen molar-refractivity contribution in [3.8, 4) is 0 Å². The summed E-state index contributed by atoms with van der Waals surface area (Å²) < 4.78 is 5.72. The molecule has 2 saturated heterocycles. The molecule has 2 heteroatoms. The summed E-state index contributed by atoms with van der Waals surface area (Å²) in [6, 6.07) is 0. The Morgan fingerprint density at radius 1 is 1.60 bits per heavy atom. The van der Waals surface area contributed by atoms with Crippen LogP contribution in [0, 0.1) is 5.92 Å². The molecule has 2 aliphatic rings. The lowest BCUT2D eigenvalue weighted by Crippen LogP contribution is -2.59. The Morgan fingerprint density at radius 3 is 2.70 bits per heavy atom. The zero-order valence-corrected chi connectivity index (χ0v) is 6.52. The smallest absolute Gasteiger partial charge is 0.0933 e. The Morgan fingerprint density at radius 2 is 2.40 bits per heavy atom. The highest BCUT2D eigenvalue weighted by Gasteiger charge is 2.44. The second kappa shape index (κ2) is 2.21. The lowest BCUT2D eigenvalue weighted by molar-refractivity contribution is -0.0362. The maximum absolute atomic E-state index is 5.72. The molecule has 2 aliphatic heterocycles. The van der Waals surface area contributed by atoms with Crippen LogP contribution in [0.2, 0.25) is 0 Å². The van der Waals surface area contributed by atoms with Gasteiger partial charge in [-0.25, -0.2) is 0 Å². The molecule has 2 fully saturated rings. The highest BCUT2D eigenvalue weighted by molar-refractivity contribution is 4.99. The van der Waals surface area contributed by atoms with E-state index in [4.69, 9.17) is 4.74 Å². The molecule has 1 unspecified atom stereocenters. The number of ether oxygens (including phenoxy) is 1. The molecule has 2 nitrogen and oxygen atoms in total. The lowest BCUT2D eigenvalue weighted by atomic mass is 9.88. The monoisotopic (exact) mass is 141 g/mol. The molecule has 0 aromatic heterocycles. The summed E-state index contributed by atoms with van der Waals surface area (Å²) >= 11 is 0. The van der Waals surface area contributed by atoms with Crippen LogP contribution in [0.1, 0.15) is 19.8 Å². The maximum Gasteiger partial charge on any atom is 0.0933 e. The Kier molecular flexibility index (Phi) is 1.46. The fraction of sp³-hybridized carbons (Fsp3) is 1.00. The molecule has 0 bridgehead atoms.